The van der Waals surface area contributed by atoms with Crippen molar-refractivity contribution in [2.24, 2.45) is 0 Å². The van der Waals surface area contributed by atoms with Crippen LogP contribution < -0.4 is 0 Å². The number of fused-ring (bicyclic) bond motifs is 17. The summed E-state index contributed by atoms with van der Waals surface area (Å²) in [5.74, 6) is 0. The van der Waals surface area contributed by atoms with Crippen LogP contribution in [0.1, 0.15) is 44.5 Å². The summed E-state index contributed by atoms with van der Waals surface area (Å²) in [6, 6.07) is 83.6. The third-order valence-electron chi connectivity index (χ3n) is 13.8. The van der Waals surface area contributed by atoms with Crippen LogP contribution in [0.15, 0.2) is 224 Å². The van der Waals surface area contributed by atoms with Gasteiger partial charge >= 0.3 is 0 Å². The third kappa shape index (κ3) is 4.28. The highest BCUT2D eigenvalue weighted by atomic mass is 14.7. The average molecular weight is 760 g/mol. The van der Waals surface area contributed by atoms with Crippen molar-refractivity contribution in [1.29, 1.82) is 0 Å². The van der Waals surface area contributed by atoms with Gasteiger partial charge in [0.05, 0.1) is 22.0 Å². The van der Waals surface area contributed by atoms with Crippen LogP contribution in [0, 0.1) is 0 Å². The molecule has 0 saturated heterocycles. The highest BCUT2D eigenvalue weighted by Crippen LogP contribution is 2.67. The van der Waals surface area contributed by atoms with Gasteiger partial charge in [0.1, 0.15) is 0 Å². The summed E-state index contributed by atoms with van der Waals surface area (Å²) in [6.45, 7) is 0. The van der Waals surface area contributed by atoms with Crippen LogP contribution in [-0.2, 0) is 10.8 Å². The molecule has 1 heterocycles. The lowest BCUT2D eigenvalue weighted by molar-refractivity contribution is 0.633. The lowest BCUT2D eigenvalue weighted by Crippen LogP contribution is -2.43. The maximum Gasteiger partial charge on any atom is 0.0720 e. The summed E-state index contributed by atoms with van der Waals surface area (Å²) in [5.41, 5.74) is 23.0. The predicted molar refractivity (Wildman–Crippen MR) is 246 cm³/mol. The van der Waals surface area contributed by atoms with Gasteiger partial charge in [0, 0.05) is 10.9 Å². The summed E-state index contributed by atoms with van der Waals surface area (Å²) in [5, 5.41) is 1.15. The molecule has 0 N–H and O–H groups in total. The van der Waals surface area contributed by atoms with Crippen molar-refractivity contribution >= 4 is 10.9 Å². The molecule has 3 aliphatic rings. The quantitative estimate of drug-likeness (QED) is 0.175. The molecule has 0 unspecified atom stereocenters. The van der Waals surface area contributed by atoms with Crippen LogP contribution in [0.4, 0.5) is 0 Å². The number of nitrogens with zero attached hydrogens (tertiary/aromatic N) is 1. The van der Waals surface area contributed by atoms with Crippen LogP contribution in [0.25, 0.3) is 66.7 Å². The van der Waals surface area contributed by atoms with Gasteiger partial charge in [-0.3, -0.25) is 0 Å². The van der Waals surface area contributed by atoms with E-state index in [-0.39, 0.29) is 0 Å². The summed E-state index contributed by atoms with van der Waals surface area (Å²) in [6.07, 6.45) is 0. The maximum absolute atomic E-state index is 5.08. The van der Waals surface area contributed by atoms with E-state index in [0.717, 1.165) is 22.2 Å². The monoisotopic (exact) mass is 759 g/mol. The SMILES string of the molecule is c1ccc(-c2ccc3c(-c4ccc(-c5ccc6c(c5)C5(c7ccccc7-c7ccccc75)c5ccccc5C65c6ccccc6-c6ccccc65)cc4)cccc3n2)cc1. The first-order chi connectivity index (χ1) is 29.8. The summed E-state index contributed by atoms with van der Waals surface area (Å²) in [4.78, 5) is 5.08. The van der Waals surface area contributed by atoms with Crippen LogP contribution in [0.3, 0.4) is 0 Å². The number of benzene rings is 9. The Morgan fingerprint density at radius 3 is 1.25 bits per heavy atom. The summed E-state index contributed by atoms with van der Waals surface area (Å²) >= 11 is 0. The first-order valence-corrected chi connectivity index (χ1v) is 21.0. The number of aromatic nitrogens is 1. The fourth-order valence-corrected chi connectivity index (χ4v) is 11.4. The minimum absolute atomic E-state index is 0.484. The molecule has 278 valence electrons. The van der Waals surface area contributed by atoms with Gasteiger partial charge in [-0.2, -0.15) is 0 Å². The Morgan fingerprint density at radius 1 is 0.250 bits per heavy atom. The second kappa shape index (κ2) is 12.4. The number of hydrogen-bond acceptors (Lipinski definition) is 1. The van der Waals surface area contributed by atoms with Crippen molar-refractivity contribution in [1.82, 2.24) is 4.98 Å². The lowest BCUT2D eigenvalue weighted by atomic mass is 9.52. The van der Waals surface area contributed by atoms with Gasteiger partial charge in [-0.05, 0) is 107 Å². The number of rotatable bonds is 3. The number of hydrogen-bond donors (Lipinski definition) is 0. The molecule has 60 heavy (non-hydrogen) atoms. The molecule has 0 radical (unpaired) electrons. The molecule has 1 heteroatoms. The van der Waals surface area contributed by atoms with Gasteiger partial charge in [0.25, 0.3) is 0 Å². The third-order valence-corrected chi connectivity index (χ3v) is 13.8. The predicted octanol–water partition coefficient (Wildman–Crippen LogP) is 14.3. The van der Waals surface area contributed by atoms with Crippen molar-refractivity contribution in [3.05, 3.63) is 269 Å². The van der Waals surface area contributed by atoms with Gasteiger partial charge in [-0.25, -0.2) is 4.98 Å². The Morgan fingerprint density at radius 2 is 0.683 bits per heavy atom. The molecule has 1 nitrogen and oxygen atoms in total. The number of pyridine rings is 1. The smallest absolute Gasteiger partial charge is 0.0720 e. The van der Waals surface area contributed by atoms with E-state index < -0.39 is 10.8 Å². The van der Waals surface area contributed by atoms with Crippen molar-refractivity contribution in [2.45, 2.75) is 10.8 Å². The molecule has 0 amide bonds. The molecule has 0 saturated carbocycles. The van der Waals surface area contributed by atoms with Crippen molar-refractivity contribution in [2.75, 3.05) is 0 Å². The standard InChI is InChI=1S/C59H37N/c1-2-15-40(16-3-1)56-36-34-47-42(21-14-28-57(47)60-56)39-31-29-38(30-32-39)41-33-35-54-55(37-41)59(50-24-10-6-19-45(50)46-20-7-11-25-51(46)59)53-27-13-12-26-52(53)58(54)48-22-8-4-17-43(48)44-18-5-9-23-49(44)58/h1-37H. The molecule has 13 rings (SSSR count). The Kier molecular flexibility index (Phi) is 6.92. The van der Waals surface area contributed by atoms with Gasteiger partial charge in [0.15, 0.2) is 0 Å². The van der Waals surface area contributed by atoms with E-state index in [1.807, 2.05) is 6.07 Å². The minimum atomic E-state index is -0.513. The van der Waals surface area contributed by atoms with E-state index >= 15 is 0 Å². The fraction of sp³-hybridized carbons (Fsp3) is 0.0339. The van der Waals surface area contributed by atoms with Gasteiger partial charge < -0.3 is 0 Å². The highest BCUT2D eigenvalue weighted by Gasteiger charge is 2.58. The molecule has 9 aromatic carbocycles. The molecular weight excluding hydrogens is 723 g/mol. The van der Waals surface area contributed by atoms with Crippen LogP contribution in [0.2, 0.25) is 0 Å². The largest absolute Gasteiger partial charge is 0.248 e. The van der Waals surface area contributed by atoms with Crippen LogP contribution in [-0.4, -0.2) is 4.98 Å². The maximum atomic E-state index is 5.08. The second-order valence-electron chi connectivity index (χ2n) is 16.5. The Labute approximate surface area is 350 Å². The molecule has 10 aromatic rings. The lowest BCUT2D eigenvalue weighted by Gasteiger charge is -2.49. The van der Waals surface area contributed by atoms with Gasteiger partial charge in [-0.15, -0.1) is 0 Å². The van der Waals surface area contributed by atoms with E-state index in [1.165, 1.54) is 89.0 Å². The summed E-state index contributed by atoms with van der Waals surface area (Å²) in [7, 11) is 0. The van der Waals surface area contributed by atoms with E-state index in [1.54, 1.807) is 0 Å². The van der Waals surface area contributed by atoms with Crippen LogP contribution >= 0.6 is 0 Å². The normalized spacial score (nSPS) is 14.3. The fourth-order valence-electron chi connectivity index (χ4n) is 11.4. The summed E-state index contributed by atoms with van der Waals surface area (Å²) < 4.78 is 0. The minimum Gasteiger partial charge on any atom is -0.248 e. The first kappa shape index (κ1) is 33.4. The van der Waals surface area contributed by atoms with Crippen molar-refractivity contribution < 1.29 is 0 Å². The molecule has 2 spiro atoms. The molecule has 3 aliphatic carbocycles. The highest BCUT2D eigenvalue weighted by molar-refractivity contribution is 5.97. The second-order valence-corrected chi connectivity index (χ2v) is 16.5. The van der Waals surface area contributed by atoms with E-state index in [0.29, 0.717) is 0 Å². The van der Waals surface area contributed by atoms with Gasteiger partial charge in [-0.1, -0.05) is 206 Å². The Bertz CT molecular complexity index is 3280. The van der Waals surface area contributed by atoms with Crippen LogP contribution in [0.5, 0.6) is 0 Å². The molecule has 0 bridgehead atoms. The van der Waals surface area contributed by atoms with E-state index in [2.05, 4.69) is 218 Å². The average Bonchev–Trinajstić information content (AvgIpc) is 3.79. The zero-order valence-corrected chi connectivity index (χ0v) is 32.8. The molecule has 1 aromatic heterocycles. The van der Waals surface area contributed by atoms with Crippen molar-refractivity contribution in [3.63, 3.8) is 0 Å². The van der Waals surface area contributed by atoms with E-state index in [4.69, 9.17) is 4.98 Å². The zero-order valence-electron chi connectivity index (χ0n) is 32.8. The Balaban J connectivity index is 1.04. The van der Waals surface area contributed by atoms with Crippen molar-refractivity contribution in [3.8, 4) is 55.8 Å². The molecule has 0 atom stereocenters. The topological polar surface area (TPSA) is 12.9 Å². The molecule has 0 fully saturated rings. The van der Waals surface area contributed by atoms with E-state index in [9.17, 15) is 0 Å². The first-order valence-electron chi connectivity index (χ1n) is 21.0. The van der Waals surface area contributed by atoms with Gasteiger partial charge in [0.2, 0.25) is 0 Å². The molecular formula is C59H37N. The molecule has 0 aliphatic heterocycles. The zero-order chi connectivity index (χ0) is 39.4. The Hall–Kier alpha value is -7.61.